The van der Waals surface area contributed by atoms with E-state index >= 15 is 0 Å². The molecule has 0 nitrogen and oxygen atoms in total. The molecule has 1 rings (SSSR count). The van der Waals surface area contributed by atoms with Crippen molar-refractivity contribution in [3.63, 3.8) is 0 Å². The molecule has 0 bridgehead atoms. The van der Waals surface area contributed by atoms with Crippen molar-refractivity contribution in [1.82, 2.24) is 0 Å². The van der Waals surface area contributed by atoms with Gasteiger partial charge in [0.25, 0.3) is 0 Å². The number of benzene rings is 1. The second kappa shape index (κ2) is 5.18. The van der Waals surface area contributed by atoms with E-state index in [1.54, 1.807) is 6.92 Å². The fourth-order valence-corrected chi connectivity index (χ4v) is 1.03. The Morgan fingerprint density at radius 3 is 1.92 bits per heavy atom. The Balaban J connectivity index is 0.000000671. The van der Waals surface area contributed by atoms with Crippen molar-refractivity contribution in [1.29, 1.82) is 0 Å². The zero-order chi connectivity index (χ0) is 10.6. The van der Waals surface area contributed by atoms with Crippen molar-refractivity contribution in [2.24, 2.45) is 0 Å². The summed E-state index contributed by atoms with van der Waals surface area (Å²) in [6.07, 6.45) is 0. The average molecular weight is 207 g/mol. The van der Waals surface area contributed by atoms with Crippen LogP contribution in [0.3, 0.4) is 0 Å². The summed E-state index contributed by atoms with van der Waals surface area (Å²) in [5.41, 5.74) is 0.840. The Morgan fingerprint density at radius 2 is 1.46 bits per heavy atom. The highest BCUT2D eigenvalue weighted by atomic mass is 35.5. The summed E-state index contributed by atoms with van der Waals surface area (Å²) < 4.78 is 25.5. The predicted octanol–water partition coefficient (Wildman–Crippen LogP) is 4.26. The van der Waals surface area contributed by atoms with E-state index in [4.69, 9.17) is 11.6 Å². The number of aryl methyl sites for hydroxylation is 2. The van der Waals surface area contributed by atoms with Gasteiger partial charge in [-0.05, 0) is 25.0 Å². The first-order chi connectivity index (χ1) is 6.04. The van der Waals surface area contributed by atoms with E-state index in [9.17, 15) is 8.78 Å². The molecular weight excluding hydrogens is 194 g/mol. The molecule has 0 atom stereocenters. The molecule has 0 unspecified atom stereocenters. The molecule has 0 aromatic heterocycles. The lowest BCUT2D eigenvalue weighted by Crippen LogP contribution is -1.92. The minimum Gasteiger partial charge on any atom is -0.203 e. The molecule has 0 saturated carbocycles. The summed E-state index contributed by atoms with van der Waals surface area (Å²) in [5.74, 6) is -1.82. The van der Waals surface area contributed by atoms with E-state index in [0.29, 0.717) is 5.56 Å². The molecule has 0 radical (unpaired) electrons. The van der Waals surface area contributed by atoms with Gasteiger partial charge in [0.05, 0.1) is 5.02 Å². The van der Waals surface area contributed by atoms with Crippen LogP contribution in [0.25, 0.3) is 0 Å². The minimum atomic E-state index is -0.954. The fraction of sp³-hybridized carbons (Fsp3) is 0.400. The maximum atomic E-state index is 12.7. The maximum absolute atomic E-state index is 12.7. The summed E-state index contributed by atoms with van der Waals surface area (Å²) >= 11 is 5.44. The molecule has 0 aliphatic heterocycles. The Labute approximate surface area is 82.5 Å². The molecule has 3 heteroatoms. The minimum absolute atomic E-state index is 0.131. The van der Waals surface area contributed by atoms with Crippen molar-refractivity contribution >= 4 is 11.6 Å². The highest BCUT2D eigenvalue weighted by molar-refractivity contribution is 6.31. The number of rotatable bonds is 0. The van der Waals surface area contributed by atoms with Gasteiger partial charge in [-0.1, -0.05) is 31.5 Å². The molecule has 0 aliphatic rings. The highest BCUT2D eigenvalue weighted by Crippen LogP contribution is 2.23. The van der Waals surface area contributed by atoms with Gasteiger partial charge in [0.2, 0.25) is 0 Å². The monoisotopic (exact) mass is 206 g/mol. The summed E-state index contributed by atoms with van der Waals surface area (Å²) in [6.45, 7) is 7.14. The van der Waals surface area contributed by atoms with Gasteiger partial charge in [-0.25, -0.2) is 8.78 Å². The van der Waals surface area contributed by atoms with Gasteiger partial charge < -0.3 is 0 Å². The molecule has 0 fully saturated rings. The van der Waals surface area contributed by atoms with Gasteiger partial charge >= 0.3 is 0 Å². The molecule has 0 heterocycles. The van der Waals surface area contributed by atoms with Crippen molar-refractivity contribution in [3.8, 4) is 0 Å². The van der Waals surface area contributed by atoms with Gasteiger partial charge in [0, 0.05) is 0 Å². The normalized spacial score (nSPS) is 9.15. The SMILES string of the molecule is CC.Cc1cc(C)c(Cl)c(F)c1F. The van der Waals surface area contributed by atoms with E-state index in [1.807, 2.05) is 13.8 Å². The van der Waals surface area contributed by atoms with Crippen LogP contribution in [0.15, 0.2) is 6.07 Å². The highest BCUT2D eigenvalue weighted by Gasteiger charge is 2.11. The molecule has 74 valence electrons. The second-order valence-corrected chi connectivity index (χ2v) is 2.83. The molecule has 13 heavy (non-hydrogen) atoms. The average Bonchev–Trinajstić information content (AvgIpc) is 2.15. The third-order valence-corrected chi connectivity index (χ3v) is 1.97. The van der Waals surface area contributed by atoms with Crippen molar-refractivity contribution in [3.05, 3.63) is 33.9 Å². The second-order valence-electron chi connectivity index (χ2n) is 2.45. The molecule has 0 spiro atoms. The van der Waals surface area contributed by atoms with Crippen molar-refractivity contribution in [2.45, 2.75) is 27.7 Å². The summed E-state index contributed by atoms with van der Waals surface area (Å²) in [5, 5.41) is -0.131. The van der Waals surface area contributed by atoms with Gasteiger partial charge in [0.15, 0.2) is 11.6 Å². The van der Waals surface area contributed by atoms with Crippen LogP contribution < -0.4 is 0 Å². The first-order valence-electron chi connectivity index (χ1n) is 4.14. The zero-order valence-electron chi connectivity index (χ0n) is 8.21. The predicted molar refractivity (Wildman–Crippen MR) is 52.2 cm³/mol. The molecule has 0 saturated heterocycles. The third-order valence-electron chi connectivity index (χ3n) is 1.51. The van der Waals surface area contributed by atoms with E-state index in [1.165, 1.54) is 13.0 Å². The molecule has 0 aliphatic carbocycles. The van der Waals surface area contributed by atoms with Crippen LogP contribution in [-0.4, -0.2) is 0 Å². The standard InChI is InChI=1S/C8H7ClF2.C2H6/c1-4-3-5(2)7(10)8(11)6(4)9;1-2/h3H,1-2H3;1-2H3. The van der Waals surface area contributed by atoms with Crippen molar-refractivity contribution in [2.75, 3.05) is 0 Å². The fourth-order valence-electron chi connectivity index (χ4n) is 0.894. The lowest BCUT2D eigenvalue weighted by Gasteiger charge is -2.02. The van der Waals surface area contributed by atoms with Crippen molar-refractivity contribution < 1.29 is 8.78 Å². The van der Waals surface area contributed by atoms with Crippen LogP contribution >= 0.6 is 11.6 Å². The van der Waals surface area contributed by atoms with Crippen LogP contribution in [-0.2, 0) is 0 Å². The first-order valence-corrected chi connectivity index (χ1v) is 4.52. The Bertz CT molecular complexity index is 269. The van der Waals surface area contributed by atoms with E-state index in [2.05, 4.69) is 0 Å². The maximum Gasteiger partial charge on any atom is 0.177 e. The first kappa shape index (κ1) is 12.4. The largest absolute Gasteiger partial charge is 0.203 e. The lowest BCUT2D eigenvalue weighted by atomic mass is 10.1. The van der Waals surface area contributed by atoms with E-state index < -0.39 is 11.6 Å². The molecule has 0 amide bonds. The molecule has 0 N–H and O–H groups in total. The number of hydrogen-bond donors (Lipinski definition) is 0. The van der Waals surface area contributed by atoms with E-state index in [-0.39, 0.29) is 10.6 Å². The van der Waals surface area contributed by atoms with Crippen LogP contribution in [0, 0.1) is 25.5 Å². The van der Waals surface area contributed by atoms with E-state index in [0.717, 1.165) is 0 Å². The number of hydrogen-bond acceptors (Lipinski definition) is 0. The van der Waals surface area contributed by atoms with Gasteiger partial charge in [-0.15, -0.1) is 0 Å². The third kappa shape index (κ3) is 2.66. The van der Waals surface area contributed by atoms with Gasteiger partial charge in [0.1, 0.15) is 0 Å². The quantitative estimate of drug-likeness (QED) is 0.557. The Morgan fingerprint density at radius 1 is 1.00 bits per heavy atom. The van der Waals surface area contributed by atoms with Crippen LogP contribution in [0.5, 0.6) is 0 Å². The lowest BCUT2D eigenvalue weighted by molar-refractivity contribution is 0.502. The van der Waals surface area contributed by atoms with Gasteiger partial charge in [-0.2, -0.15) is 0 Å². The molecule has 1 aromatic rings. The summed E-state index contributed by atoms with van der Waals surface area (Å²) in [7, 11) is 0. The topological polar surface area (TPSA) is 0 Å². The molecule has 1 aromatic carbocycles. The number of halogens is 3. The van der Waals surface area contributed by atoms with Gasteiger partial charge in [-0.3, -0.25) is 0 Å². The molecular formula is C10H13ClF2. The summed E-state index contributed by atoms with van der Waals surface area (Å²) in [4.78, 5) is 0. The summed E-state index contributed by atoms with van der Waals surface area (Å²) in [6, 6.07) is 1.51. The smallest absolute Gasteiger partial charge is 0.177 e. The Hall–Kier alpha value is -0.630. The van der Waals surface area contributed by atoms with Crippen LogP contribution in [0.4, 0.5) is 8.78 Å². The zero-order valence-corrected chi connectivity index (χ0v) is 8.97. The Kier molecular flexibility index (Phi) is 4.92. The van der Waals surface area contributed by atoms with Crippen LogP contribution in [0.2, 0.25) is 5.02 Å². The van der Waals surface area contributed by atoms with Crippen LogP contribution in [0.1, 0.15) is 25.0 Å².